The third-order valence-electron chi connectivity index (χ3n) is 4.55. The van der Waals surface area contributed by atoms with Gasteiger partial charge in [-0.15, -0.1) is 0 Å². The number of fused-ring (bicyclic) bond motifs is 2. The first kappa shape index (κ1) is 17.2. The van der Waals surface area contributed by atoms with E-state index in [-0.39, 0.29) is 18.1 Å². The predicted octanol–water partition coefficient (Wildman–Crippen LogP) is 1.77. The van der Waals surface area contributed by atoms with Crippen LogP contribution >= 0.6 is 0 Å². The number of phenols is 1. The van der Waals surface area contributed by atoms with E-state index in [9.17, 15) is 14.7 Å². The van der Waals surface area contributed by atoms with Crippen molar-refractivity contribution in [1.82, 2.24) is 0 Å². The molecule has 1 aliphatic carbocycles. The third-order valence-corrected chi connectivity index (χ3v) is 4.55. The fourth-order valence-electron chi connectivity index (χ4n) is 3.27. The van der Waals surface area contributed by atoms with Gasteiger partial charge in [-0.2, -0.15) is 0 Å². The van der Waals surface area contributed by atoms with Gasteiger partial charge in [0.15, 0.2) is 12.0 Å². The van der Waals surface area contributed by atoms with Gasteiger partial charge in [-0.1, -0.05) is 24.3 Å². The summed E-state index contributed by atoms with van der Waals surface area (Å²) in [5.74, 6) is -0.163. The van der Waals surface area contributed by atoms with E-state index in [1.807, 2.05) is 0 Å². The lowest BCUT2D eigenvalue weighted by molar-refractivity contribution is -0.145. The van der Waals surface area contributed by atoms with Crippen molar-refractivity contribution in [2.45, 2.75) is 25.6 Å². The Hall–Kier alpha value is -3.19. The van der Waals surface area contributed by atoms with Gasteiger partial charge in [0.05, 0.1) is 23.4 Å². The predicted molar refractivity (Wildman–Crippen MR) is 97.3 cm³/mol. The van der Waals surface area contributed by atoms with Gasteiger partial charge in [-0.25, -0.2) is 4.99 Å². The van der Waals surface area contributed by atoms with E-state index in [0.717, 1.165) is 0 Å². The van der Waals surface area contributed by atoms with E-state index in [1.54, 1.807) is 37.3 Å². The molecule has 0 saturated heterocycles. The summed E-state index contributed by atoms with van der Waals surface area (Å²) in [6.07, 6.45) is -0.285. The van der Waals surface area contributed by atoms with Crippen LogP contribution in [0.15, 0.2) is 41.4 Å². The first-order valence-corrected chi connectivity index (χ1v) is 8.64. The van der Waals surface area contributed by atoms with E-state index >= 15 is 0 Å². The van der Waals surface area contributed by atoms with Crippen molar-refractivity contribution < 1.29 is 24.2 Å². The van der Waals surface area contributed by atoms with Crippen LogP contribution in [0.5, 0.6) is 11.5 Å². The number of nitrogens with two attached hydrogens (primary N) is 1. The number of benzene rings is 2. The van der Waals surface area contributed by atoms with Crippen molar-refractivity contribution in [3.8, 4) is 11.5 Å². The molecule has 3 N–H and O–H groups in total. The second kappa shape index (κ2) is 6.51. The van der Waals surface area contributed by atoms with Crippen LogP contribution in [-0.2, 0) is 9.53 Å². The lowest BCUT2D eigenvalue weighted by Crippen LogP contribution is -2.32. The van der Waals surface area contributed by atoms with Gasteiger partial charge >= 0.3 is 5.97 Å². The largest absolute Gasteiger partial charge is 0.507 e. The van der Waals surface area contributed by atoms with Crippen LogP contribution in [0, 0.1) is 0 Å². The summed E-state index contributed by atoms with van der Waals surface area (Å²) in [6.45, 7) is 1.65. The molecule has 1 heterocycles. The maximum Gasteiger partial charge on any atom is 0.322 e. The number of hydrogen-bond acceptors (Lipinski definition) is 7. The van der Waals surface area contributed by atoms with Crippen molar-refractivity contribution in [3.63, 3.8) is 0 Å². The Balaban J connectivity index is 1.71. The number of carbonyl (C=O) groups is 2. The number of nitrogens with zero attached hydrogens (tertiary/aromatic N) is 1. The Kier molecular flexibility index (Phi) is 4.16. The van der Waals surface area contributed by atoms with E-state index in [1.165, 1.54) is 6.07 Å². The maximum absolute atomic E-state index is 12.8. The molecule has 0 radical (unpaired) electrons. The van der Waals surface area contributed by atoms with Crippen molar-refractivity contribution in [1.29, 1.82) is 0 Å². The number of phenolic OH excluding ortho intramolecular Hbond substituents is 1. The normalized spacial score (nSPS) is 17.9. The van der Waals surface area contributed by atoms with Crippen LogP contribution in [0.25, 0.3) is 0 Å². The fourth-order valence-corrected chi connectivity index (χ4v) is 3.27. The first-order valence-electron chi connectivity index (χ1n) is 8.64. The van der Waals surface area contributed by atoms with Gasteiger partial charge in [0.1, 0.15) is 17.5 Å². The van der Waals surface area contributed by atoms with E-state index in [0.29, 0.717) is 40.1 Å². The smallest absolute Gasteiger partial charge is 0.322 e. The summed E-state index contributed by atoms with van der Waals surface area (Å²) in [5.41, 5.74) is 7.88. The third kappa shape index (κ3) is 2.86. The van der Waals surface area contributed by atoms with E-state index in [2.05, 4.69) is 4.99 Å². The monoisotopic (exact) mass is 366 g/mol. The zero-order valence-corrected chi connectivity index (χ0v) is 14.6. The minimum absolute atomic E-state index is 0.0101. The van der Waals surface area contributed by atoms with Crippen LogP contribution in [0.4, 0.5) is 0 Å². The van der Waals surface area contributed by atoms with Crippen LogP contribution < -0.4 is 10.5 Å². The number of aromatic hydroxyl groups is 1. The molecule has 4 rings (SSSR count). The molecule has 27 heavy (non-hydrogen) atoms. The standard InChI is InChI=1S/C20H18N2O5/c1-10(21)20(25)26-9-8-15-22-18-16-11(4-2-6-13(16)23)19(24)12-5-3-7-14(27-15)17(12)18/h2-7,10,15,23H,8-9,21H2,1H3. The highest BCUT2D eigenvalue weighted by molar-refractivity contribution is 6.32. The maximum atomic E-state index is 12.8. The summed E-state index contributed by atoms with van der Waals surface area (Å²) in [4.78, 5) is 28.9. The minimum atomic E-state index is -0.694. The van der Waals surface area contributed by atoms with Gasteiger partial charge in [0, 0.05) is 17.5 Å². The molecule has 0 amide bonds. The highest BCUT2D eigenvalue weighted by Gasteiger charge is 2.36. The first-order chi connectivity index (χ1) is 13.0. The Morgan fingerprint density at radius 2 is 1.96 bits per heavy atom. The Morgan fingerprint density at radius 1 is 1.26 bits per heavy atom. The average molecular weight is 366 g/mol. The molecule has 138 valence electrons. The molecule has 7 nitrogen and oxygen atoms in total. The zero-order chi connectivity index (χ0) is 19.1. The lowest BCUT2D eigenvalue weighted by atomic mass is 9.82. The summed E-state index contributed by atoms with van der Waals surface area (Å²) in [6, 6.07) is 9.35. The fraction of sp³-hybridized carbons (Fsp3) is 0.250. The van der Waals surface area contributed by atoms with E-state index < -0.39 is 18.2 Å². The quantitative estimate of drug-likeness (QED) is 0.681. The molecule has 0 spiro atoms. The zero-order valence-electron chi connectivity index (χ0n) is 14.6. The molecule has 2 aromatic rings. The SMILES string of the molecule is CC(N)C(=O)OCCC1N=C2c3c(O)cccc3C(=O)c3cccc(c32)O1. The van der Waals surface area contributed by atoms with Crippen molar-refractivity contribution in [2.75, 3.05) is 6.61 Å². The highest BCUT2D eigenvalue weighted by atomic mass is 16.5. The second-order valence-corrected chi connectivity index (χ2v) is 6.50. The molecule has 0 bridgehead atoms. The number of ether oxygens (including phenoxy) is 2. The topological polar surface area (TPSA) is 111 Å². The van der Waals surface area contributed by atoms with Gasteiger partial charge in [-0.3, -0.25) is 9.59 Å². The number of rotatable bonds is 4. The molecule has 7 heteroatoms. The number of hydrogen-bond donors (Lipinski definition) is 2. The summed E-state index contributed by atoms with van der Waals surface area (Å²) < 4.78 is 11.0. The molecule has 0 aromatic heterocycles. The van der Waals surface area contributed by atoms with Crippen LogP contribution in [0.3, 0.4) is 0 Å². The van der Waals surface area contributed by atoms with Crippen molar-refractivity contribution >= 4 is 17.5 Å². The number of carbonyl (C=O) groups excluding carboxylic acids is 2. The number of aliphatic imine (C=N–C) groups is 1. The van der Waals surface area contributed by atoms with Gasteiger partial charge in [0.2, 0.25) is 0 Å². The molecular weight excluding hydrogens is 348 g/mol. The average Bonchev–Trinajstić information content (AvgIpc) is 2.65. The van der Waals surface area contributed by atoms with Crippen molar-refractivity contribution in [3.05, 3.63) is 58.7 Å². The molecule has 0 fully saturated rings. The lowest BCUT2D eigenvalue weighted by Gasteiger charge is -2.30. The van der Waals surface area contributed by atoms with Crippen LogP contribution in [0.2, 0.25) is 0 Å². The summed E-state index contributed by atoms with van der Waals surface area (Å²) in [7, 11) is 0. The molecule has 2 aromatic carbocycles. The molecule has 2 atom stereocenters. The highest BCUT2D eigenvalue weighted by Crippen LogP contribution is 2.40. The molecule has 0 saturated carbocycles. The van der Waals surface area contributed by atoms with Crippen molar-refractivity contribution in [2.24, 2.45) is 10.7 Å². The summed E-state index contributed by atoms with van der Waals surface area (Å²) >= 11 is 0. The molecule has 2 aliphatic rings. The molecular formula is C20H18N2O5. The Labute approximate surface area is 155 Å². The molecule has 2 unspecified atom stereocenters. The van der Waals surface area contributed by atoms with Gasteiger partial charge < -0.3 is 20.3 Å². The summed E-state index contributed by atoms with van der Waals surface area (Å²) in [5, 5.41) is 10.4. The molecule has 1 aliphatic heterocycles. The second-order valence-electron chi connectivity index (χ2n) is 6.50. The Bertz CT molecular complexity index is 980. The van der Waals surface area contributed by atoms with Gasteiger partial charge in [-0.05, 0) is 19.1 Å². The Morgan fingerprint density at radius 3 is 2.70 bits per heavy atom. The van der Waals surface area contributed by atoms with Crippen LogP contribution in [-0.4, -0.2) is 41.4 Å². The van der Waals surface area contributed by atoms with Crippen LogP contribution in [0.1, 0.15) is 40.4 Å². The van der Waals surface area contributed by atoms with Gasteiger partial charge in [0.25, 0.3) is 0 Å². The van der Waals surface area contributed by atoms with E-state index in [4.69, 9.17) is 15.2 Å². The minimum Gasteiger partial charge on any atom is -0.507 e. The number of ketones is 1. The number of esters is 1.